The maximum Gasteiger partial charge on any atom is 0.322 e. The topological polar surface area (TPSA) is 279 Å². The molecule has 3 atom stereocenters. The van der Waals surface area contributed by atoms with E-state index >= 15 is 0 Å². The quantitative estimate of drug-likeness (QED) is 0.0583. The number of aliphatic carboxylic acids is 1. The molecule has 0 aromatic carbocycles. The van der Waals surface area contributed by atoms with E-state index in [0.717, 1.165) is 0 Å². The Balaban J connectivity index is 5.15. The molecule has 34 heavy (non-hydrogen) atoms. The number of carboxylic acid groups (broad SMARTS) is 1. The van der Waals surface area contributed by atoms with Crippen LogP contribution < -0.4 is 44.6 Å². The van der Waals surface area contributed by atoms with Gasteiger partial charge in [-0.05, 0) is 31.6 Å². The molecule has 15 nitrogen and oxygen atoms in total. The lowest BCUT2D eigenvalue weighted by Gasteiger charge is -2.26. The summed E-state index contributed by atoms with van der Waals surface area (Å²) in [6.45, 7) is 3.34. The lowest BCUT2D eigenvalue weighted by molar-refractivity contribution is -0.138. The highest BCUT2D eigenvalue weighted by atomic mass is 16.4. The standard InChI is InChI=1S/C19H38N10O5/c1-10(2)14(29-15(32)11(20)5-3-7-25-18(21)22)17(34)28-12(6-4-8-26-19(23)24)16(33)27-9-13(30)31/h10-12,14H,3-9,20H2,1-2H3,(H,27,33)(H,28,34)(H,29,32)(H,30,31)(H4,21,22,25)(H4,23,24,26). The van der Waals surface area contributed by atoms with Gasteiger partial charge in [0.2, 0.25) is 17.7 Å². The van der Waals surface area contributed by atoms with Crippen LogP contribution >= 0.6 is 0 Å². The molecule has 0 aliphatic heterocycles. The number of guanidine groups is 2. The fourth-order valence-corrected chi connectivity index (χ4v) is 2.77. The number of hydrogen-bond acceptors (Lipinski definition) is 7. The fourth-order valence-electron chi connectivity index (χ4n) is 2.77. The van der Waals surface area contributed by atoms with E-state index in [1.807, 2.05) is 0 Å². The van der Waals surface area contributed by atoms with E-state index < -0.39 is 48.4 Å². The van der Waals surface area contributed by atoms with Gasteiger partial charge in [0.1, 0.15) is 18.6 Å². The van der Waals surface area contributed by atoms with Crippen molar-refractivity contribution in [1.82, 2.24) is 16.0 Å². The number of carbonyl (C=O) groups is 4. The monoisotopic (exact) mass is 486 g/mol. The van der Waals surface area contributed by atoms with Gasteiger partial charge in [0.25, 0.3) is 0 Å². The van der Waals surface area contributed by atoms with Crippen molar-refractivity contribution in [3.63, 3.8) is 0 Å². The van der Waals surface area contributed by atoms with Crippen molar-refractivity contribution < 1.29 is 24.3 Å². The lowest BCUT2D eigenvalue weighted by Crippen LogP contribution is -2.57. The zero-order valence-electron chi connectivity index (χ0n) is 19.6. The van der Waals surface area contributed by atoms with Crippen LogP contribution in [-0.4, -0.2) is 78.5 Å². The number of carbonyl (C=O) groups excluding carboxylic acids is 3. The molecule has 0 saturated heterocycles. The molecule has 0 heterocycles. The summed E-state index contributed by atoms with van der Waals surface area (Å²) in [5.41, 5.74) is 26.9. The van der Waals surface area contributed by atoms with Crippen molar-refractivity contribution in [1.29, 1.82) is 0 Å². The van der Waals surface area contributed by atoms with E-state index in [4.69, 9.17) is 33.8 Å². The van der Waals surface area contributed by atoms with Crippen LogP contribution in [0, 0.1) is 5.92 Å². The van der Waals surface area contributed by atoms with E-state index in [9.17, 15) is 19.2 Å². The first kappa shape index (κ1) is 30.4. The van der Waals surface area contributed by atoms with E-state index in [1.165, 1.54) is 0 Å². The van der Waals surface area contributed by atoms with Gasteiger partial charge in [-0.25, -0.2) is 0 Å². The molecule has 0 bridgehead atoms. The van der Waals surface area contributed by atoms with Crippen LogP contribution in [0.1, 0.15) is 39.5 Å². The largest absolute Gasteiger partial charge is 0.480 e. The van der Waals surface area contributed by atoms with Crippen LogP contribution in [0.25, 0.3) is 0 Å². The molecule has 0 fully saturated rings. The predicted molar refractivity (Wildman–Crippen MR) is 127 cm³/mol. The van der Waals surface area contributed by atoms with Gasteiger partial charge >= 0.3 is 5.97 Å². The molecule has 0 rings (SSSR count). The van der Waals surface area contributed by atoms with Gasteiger partial charge in [0.15, 0.2) is 11.9 Å². The normalized spacial score (nSPS) is 13.2. The highest BCUT2D eigenvalue weighted by molar-refractivity contribution is 5.93. The Kier molecular flexibility index (Phi) is 14.4. The number of nitrogens with zero attached hydrogens (tertiary/aromatic N) is 2. The van der Waals surface area contributed by atoms with E-state index in [2.05, 4.69) is 25.9 Å². The SMILES string of the molecule is CC(C)C(NC(=O)C(N)CCCN=C(N)N)C(=O)NC(CCCN=C(N)N)C(=O)NCC(=O)O. The molecule has 3 unspecified atom stereocenters. The summed E-state index contributed by atoms with van der Waals surface area (Å²) in [6.07, 6.45) is 1.23. The Bertz CT molecular complexity index is 748. The molecule has 0 aromatic rings. The Morgan fingerprint density at radius 1 is 0.824 bits per heavy atom. The average molecular weight is 487 g/mol. The molecule has 15 heteroatoms. The van der Waals surface area contributed by atoms with Crippen LogP contribution in [-0.2, 0) is 19.2 Å². The molecule has 0 aliphatic rings. The minimum absolute atomic E-state index is 0.0604. The Labute approximate surface area is 198 Å². The summed E-state index contributed by atoms with van der Waals surface area (Å²) in [5, 5.41) is 16.2. The van der Waals surface area contributed by atoms with Crippen molar-refractivity contribution in [2.75, 3.05) is 19.6 Å². The number of rotatable bonds is 16. The molecule has 0 saturated carbocycles. The minimum atomic E-state index is -1.24. The molecule has 3 amide bonds. The van der Waals surface area contributed by atoms with Crippen LogP contribution in [0.3, 0.4) is 0 Å². The molecule has 0 aliphatic carbocycles. The molecule has 0 aromatic heterocycles. The van der Waals surface area contributed by atoms with E-state index in [-0.39, 0.29) is 30.8 Å². The van der Waals surface area contributed by atoms with Gasteiger partial charge in [-0.2, -0.15) is 0 Å². The molecular weight excluding hydrogens is 448 g/mol. The summed E-state index contributed by atoms with van der Waals surface area (Å²) in [5.74, 6) is -3.59. The van der Waals surface area contributed by atoms with Gasteiger partial charge in [-0.15, -0.1) is 0 Å². The first-order valence-corrected chi connectivity index (χ1v) is 10.8. The first-order chi connectivity index (χ1) is 15.8. The van der Waals surface area contributed by atoms with Crippen LogP contribution in [0.4, 0.5) is 0 Å². The predicted octanol–water partition coefficient (Wildman–Crippen LogP) is -3.75. The summed E-state index contributed by atoms with van der Waals surface area (Å²) >= 11 is 0. The van der Waals surface area contributed by atoms with Crippen LogP contribution in [0.2, 0.25) is 0 Å². The summed E-state index contributed by atoms with van der Waals surface area (Å²) < 4.78 is 0. The molecular formula is C19H38N10O5. The van der Waals surface area contributed by atoms with Crippen molar-refractivity contribution >= 4 is 35.6 Å². The first-order valence-electron chi connectivity index (χ1n) is 10.8. The second-order valence-electron chi connectivity index (χ2n) is 7.91. The Morgan fingerprint density at radius 2 is 1.35 bits per heavy atom. The third-order valence-electron chi connectivity index (χ3n) is 4.54. The molecule has 14 N–H and O–H groups in total. The zero-order chi connectivity index (χ0) is 26.3. The van der Waals surface area contributed by atoms with E-state index in [0.29, 0.717) is 25.8 Å². The van der Waals surface area contributed by atoms with Gasteiger partial charge in [-0.1, -0.05) is 13.8 Å². The lowest BCUT2D eigenvalue weighted by atomic mass is 10.0. The van der Waals surface area contributed by atoms with Crippen LogP contribution in [0.5, 0.6) is 0 Å². The summed E-state index contributed by atoms with van der Waals surface area (Å²) in [4.78, 5) is 56.2. The number of carboxylic acids is 1. The minimum Gasteiger partial charge on any atom is -0.480 e. The van der Waals surface area contributed by atoms with Gasteiger partial charge in [-0.3, -0.25) is 29.2 Å². The van der Waals surface area contributed by atoms with Crippen molar-refractivity contribution in [3.05, 3.63) is 0 Å². The number of amides is 3. The van der Waals surface area contributed by atoms with Crippen molar-refractivity contribution in [2.24, 2.45) is 44.6 Å². The smallest absolute Gasteiger partial charge is 0.322 e. The fraction of sp³-hybridized carbons (Fsp3) is 0.684. The second kappa shape index (κ2) is 16.1. The Morgan fingerprint density at radius 3 is 1.82 bits per heavy atom. The maximum absolute atomic E-state index is 12.9. The number of nitrogens with two attached hydrogens (primary N) is 5. The highest BCUT2D eigenvalue weighted by Crippen LogP contribution is 2.06. The van der Waals surface area contributed by atoms with Crippen LogP contribution in [0.15, 0.2) is 9.98 Å². The highest BCUT2D eigenvalue weighted by Gasteiger charge is 2.30. The third kappa shape index (κ3) is 13.7. The van der Waals surface area contributed by atoms with Gasteiger partial charge in [0.05, 0.1) is 6.04 Å². The number of nitrogens with one attached hydrogen (secondary N) is 3. The third-order valence-corrected chi connectivity index (χ3v) is 4.54. The zero-order valence-corrected chi connectivity index (χ0v) is 19.6. The number of hydrogen-bond donors (Lipinski definition) is 9. The summed E-state index contributed by atoms with van der Waals surface area (Å²) in [7, 11) is 0. The molecule has 0 radical (unpaired) electrons. The van der Waals surface area contributed by atoms with Gasteiger partial charge < -0.3 is 49.7 Å². The Hall–Kier alpha value is -3.62. The summed E-state index contributed by atoms with van der Waals surface area (Å²) in [6, 6.07) is -2.94. The molecule has 0 spiro atoms. The molecule has 194 valence electrons. The maximum atomic E-state index is 12.9. The van der Waals surface area contributed by atoms with E-state index in [1.54, 1.807) is 13.8 Å². The van der Waals surface area contributed by atoms with Crippen molar-refractivity contribution in [2.45, 2.75) is 57.7 Å². The second-order valence-corrected chi connectivity index (χ2v) is 7.91. The van der Waals surface area contributed by atoms with Crippen molar-refractivity contribution in [3.8, 4) is 0 Å². The number of aliphatic imine (C=N–C) groups is 2. The van der Waals surface area contributed by atoms with Gasteiger partial charge in [0, 0.05) is 13.1 Å². The average Bonchev–Trinajstić information content (AvgIpc) is 2.74.